The van der Waals surface area contributed by atoms with Crippen LogP contribution in [0.2, 0.25) is 0 Å². The number of carbonyl (C=O) groups is 2. The lowest BCUT2D eigenvalue weighted by Crippen LogP contribution is -2.27. The Balaban J connectivity index is 0.000000173. The third-order valence-corrected chi connectivity index (χ3v) is 9.22. The zero-order valence-corrected chi connectivity index (χ0v) is 25.8. The molecule has 11 heteroatoms. The van der Waals surface area contributed by atoms with Crippen LogP contribution >= 0.6 is 0 Å². The van der Waals surface area contributed by atoms with Gasteiger partial charge in [0.1, 0.15) is 5.69 Å². The maximum Gasteiger partial charge on any atom is 0.325 e. The molecule has 0 aliphatic heterocycles. The van der Waals surface area contributed by atoms with E-state index in [-0.39, 0.29) is 22.3 Å². The summed E-state index contributed by atoms with van der Waals surface area (Å²) in [4.78, 5) is 48.4. The summed E-state index contributed by atoms with van der Waals surface area (Å²) in [5, 5.41) is 11.3. The monoisotopic (exact) mass is 587 g/mol. The van der Waals surface area contributed by atoms with Crippen molar-refractivity contribution in [3.05, 3.63) is 62.2 Å². The molecule has 2 amide bonds. The smallest absolute Gasteiger partial charge is 0.325 e. The summed E-state index contributed by atoms with van der Waals surface area (Å²) < 4.78 is 0. The van der Waals surface area contributed by atoms with Gasteiger partial charge in [0, 0.05) is 11.4 Å². The molecule has 43 heavy (non-hydrogen) atoms. The Kier molecular flexibility index (Phi) is 7.56. The number of carbonyl (C=O) groups excluding carboxylic acids is 2. The summed E-state index contributed by atoms with van der Waals surface area (Å²) >= 11 is 0. The molecular weight excluding hydrogens is 546 g/mol. The second-order valence-corrected chi connectivity index (χ2v) is 14.1. The van der Waals surface area contributed by atoms with Crippen LogP contribution in [0.25, 0.3) is 22.1 Å². The number of nitrogens with one attached hydrogen (secondary N) is 2. The van der Waals surface area contributed by atoms with E-state index in [9.17, 15) is 19.7 Å². The molecule has 6 rings (SSSR count). The first-order valence-corrected chi connectivity index (χ1v) is 14.8. The topological polar surface area (TPSA) is 187 Å². The highest BCUT2D eigenvalue weighted by atomic mass is 16.6. The van der Waals surface area contributed by atoms with Gasteiger partial charge in [-0.1, -0.05) is 41.5 Å². The van der Waals surface area contributed by atoms with Gasteiger partial charge in [-0.3, -0.25) is 24.7 Å². The summed E-state index contributed by atoms with van der Waals surface area (Å²) in [5.41, 5.74) is 17.9. The number of H-pyrrole nitrogens is 2. The normalized spacial score (nSPS) is 18.5. The Hall–Kier alpha value is -4.28. The molecule has 2 unspecified atom stereocenters. The minimum Gasteiger partial charge on any atom is -0.364 e. The van der Waals surface area contributed by atoms with Crippen molar-refractivity contribution in [1.29, 1.82) is 0 Å². The second-order valence-electron chi connectivity index (χ2n) is 14.1. The largest absolute Gasteiger partial charge is 0.364 e. The second kappa shape index (κ2) is 10.8. The average Bonchev–Trinajstić information content (AvgIpc) is 3.50. The van der Waals surface area contributed by atoms with Crippen LogP contribution in [0.4, 0.5) is 5.69 Å². The molecule has 0 radical (unpaired) electrons. The molecular formula is C32H41N7O4. The predicted octanol–water partition coefficient (Wildman–Crippen LogP) is 5.53. The first-order chi connectivity index (χ1) is 20.0. The lowest BCUT2D eigenvalue weighted by Gasteiger charge is -2.34. The lowest BCUT2D eigenvalue weighted by molar-refractivity contribution is -0.383. The van der Waals surface area contributed by atoms with Crippen molar-refractivity contribution >= 4 is 39.6 Å². The fraction of sp³-hybridized carbons (Fsp3) is 0.500. The van der Waals surface area contributed by atoms with Gasteiger partial charge in [0.2, 0.25) is 0 Å². The van der Waals surface area contributed by atoms with E-state index in [0.717, 1.165) is 54.4 Å². The molecule has 2 atom stereocenters. The summed E-state index contributed by atoms with van der Waals surface area (Å²) in [7, 11) is 0. The number of rotatable bonds is 3. The number of nitro groups is 1. The Bertz CT molecular complexity index is 1750. The number of primary amides is 2. The number of nitrogens with two attached hydrogens (primary N) is 2. The van der Waals surface area contributed by atoms with Crippen LogP contribution in [0.3, 0.4) is 0 Å². The molecule has 228 valence electrons. The maximum atomic E-state index is 11.5. The number of fused-ring (bicyclic) bond motifs is 4. The molecule has 0 spiro atoms. The molecule has 2 aliphatic carbocycles. The molecule has 4 heterocycles. The first-order valence-electron chi connectivity index (χ1n) is 14.8. The van der Waals surface area contributed by atoms with Gasteiger partial charge in [-0.25, -0.2) is 4.98 Å². The summed E-state index contributed by atoms with van der Waals surface area (Å²) in [6.45, 7) is 13.6. The Morgan fingerprint density at radius 1 is 0.837 bits per heavy atom. The van der Waals surface area contributed by atoms with E-state index in [1.807, 2.05) is 6.07 Å². The van der Waals surface area contributed by atoms with Crippen molar-refractivity contribution in [1.82, 2.24) is 19.9 Å². The summed E-state index contributed by atoms with van der Waals surface area (Å²) in [6.07, 6.45) is 5.96. The molecule has 6 N–H and O–H groups in total. The van der Waals surface area contributed by atoms with E-state index in [4.69, 9.17) is 16.5 Å². The van der Waals surface area contributed by atoms with Crippen LogP contribution in [-0.4, -0.2) is 36.7 Å². The number of aromatic nitrogens is 4. The highest BCUT2D eigenvalue weighted by Crippen LogP contribution is 2.39. The Morgan fingerprint density at radius 2 is 1.37 bits per heavy atom. The molecule has 4 aromatic rings. The van der Waals surface area contributed by atoms with Crippen LogP contribution in [0.5, 0.6) is 0 Å². The van der Waals surface area contributed by atoms with Crippen LogP contribution < -0.4 is 11.5 Å². The minimum atomic E-state index is -0.847. The number of aryl methyl sites for hydroxylation is 2. The van der Waals surface area contributed by atoms with E-state index in [0.29, 0.717) is 28.5 Å². The van der Waals surface area contributed by atoms with Crippen molar-refractivity contribution < 1.29 is 14.5 Å². The number of hydrogen-bond acceptors (Lipinski definition) is 6. The molecule has 0 aromatic carbocycles. The molecule has 0 saturated heterocycles. The lowest BCUT2D eigenvalue weighted by atomic mass is 9.71. The number of pyridine rings is 2. The van der Waals surface area contributed by atoms with Gasteiger partial charge in [-0.15, -0.1) is 0 Å². The minimum absolute atomic E-state index is 0.188. The Labute approximate surface area is 250 Å². The van der Waals surface area contributed by atoms with Gasteiger partial charge in [0.05, 0.1) is 21.5 Å². The van der Waals surface area contributed by atoms with Crippen LogP contribution in [0, 0.1) is 32.8 Å². The van der Waals surface area contributed by atoms with E-state index in [2.05, 4.69) is 62.6 Å². The number of amides is 2. The van der Waals surface area contributed by atoms with Crippen molar-refractivity contribution in [2.24, 2.45) is 34.1 Å². The van der Waals surface area contributed by atoms with Gasteiger partial charge in [-0.05, 0) is 90.5 Å². The van der Waals surface area contributed by atoms with Crippen LogP contribution in [0.15, 0.2) is 18.2 Å². The highest BCUT2D eigenvalue weighted by molar-refractivity contribution is 6.03. The van der Waals surface area contributed by atoms with E-state index in [1.54, 1.807) is 6.07 Å². The molecule has 0 bridgehead atoms. The molecule has 2 aliphatic rings. The van der Waals surface area contributed by atoms with E-state index in [1.165, 1.54) is 17.7 Å². The third-order valence-electron chi connectivity index (χ3n) is 9.22. The van der Waals surface area contributed by atoms with Crippen molar-refractivity contribution in [3.8, 4) is 0 Å². The molecule has 4 aromatic heterocycles. The van der Waals surface area contributed by atoms with Crippen molar-refractivity contribution in [2.75, 3.05) is 0 Å². The van der Waals surface area contributed by atoms with Gasteiger partial charge >= 0.3 is 5.69 Å². The third kappa shape index (κ3) is 5.98. The quantitative estimate of drug-likeness (QED) is 0.180. The summed E-state index contributed by atoms with van der Waals surface area (Å²) in [6, 6.07) is 5.77. The zero-order valence-electron chi connectivity index (χ0n) is 25.8. The number of hydrogen-bond donors (Lipinski definition) is 4. The highest BCUT2D eigenvalue weighted by Gasteiger charge is 2.33. The van der Waals surface area contributed by atoms with Crippen molar-refractivity contribution in [2.45, 2.75) is 80.1 Å². The van der Waals surface area contributed by atoms with E-state index >= 15 is 0 Å². The summed E-state index contributed by atoms with van der Waals surface area (Å²) in [5.74, 6) is -0.0663. The number of nitrogens with zero attached hydrogens (tertiary/aromatic N) is 3. The van der Waals surface area contributed by atoms with Gasteiger partial charge in [-0.2, -0.15) is 0 Å². The van der Waals surface area contributed by atoms with Crippen LogP contribution in [0.1, 0.15) is 97.9 Å². The van der Waals surface area contributed by atoms with Crippen molar-refractivity contribution in [3.63, 3.8) is 0 Å². The molecule has 0 saturated carbocycles. The van der Waals surface area contributed by atoms with Crippen LogP contribution in [-0.2, 0) is 25.7 Å². The average molecular weight is 588 g/mol. The number of aromatic amines is 2. The fourth-order valence-electron chi connectivity index (χ4n) is 6.43. The van der Waals surface area contributed by atoms with Gasteiger partial charge < -0.3 is 21.4 Å². The van der Waals surface area contributed by atoms with E-state index < -0.39 is 16.7 Å². The van der Waals surface area contributed by atoms with Gasteiger partial charge in [0.25, 0.3) is 11.8 Å². The molecule has 0 fully saturated rings. The standard InChI is InChI=1S/C16H20N4O3.C16H21N3O/c1-16(2,3)9-4-5-10-8(6-9)7-11-12(18-10)14(20(22)23)13(19-11)15(17)21;1-16(2,3)10-4-5-11-9(6-10)7-12-13(18-11)8-14(19-12)15(17)20/h7,9,19H,4-6H2,1-3H3,(H2,17,21);7-8,10,19H,4-6H2,1-3H3,(H2,17,20). The maximum absolute atomic E-state index is 11.5. The molecule has 11 nitrogen and oxygen atoms in total. The SMILES string of the molecule is CC(C)(C)C1CCc2nc3c([N+](=O)[O-])c(C(N)=O)[nH]c3cc2C1.CC(C)(C)C1CCc2nc3cc(C(N)=O)[nH]c3cc2C1. The zero-order chi connectivity index (χ0) is 31.4. The fourth-order valence-corrected chi connectivity index (χ4v) is 6.43. The Morgan fingerprint density at radius 3 is 1.86 bits per heavy atom. The first kappa shape index (κ1) is 30.2. The van der Waals surface area contributed by atoms with Gasteiger partial charge in [0.15, 0.2) is 11.2 Å². The predicted molar refractivity (Wildman–Crippen MR) is 166 cm³/mol.